The van der Waals surface area contributed by atoms with E-state index < -0.39 is 38.7 Å². The van der Waals surface area contributed by atoms with E-state index in [9.17, 15) is 27.5 Å². The van der Waals surface area contributed by atoms with E-state index in [1.807, 2.05) is 0 Å². The number of hydrogen-bond donors (Lipinski definition) is 2. The topological polar surface area (TPSA) is 119 Å². The number of fused-ring (bicyclic) bond motifs is 1. The minimum Gasteiger partial charge on any atom is -0.477 e. The van der Waals surface area contributed by atoms with Gasteiger partial charge in [0.15, 0.2) is 0 Å². The number of carboxylic acids is 1. The molecule has 2 aromatic heterocycles. The van der Waals surface area contributed by atoms with Crippen molar-refractivity contribution in [1.82, 2.24) is 4.40 Å². The Bertz CT molecular complexity index is 1270. The average molecular weight is 425 g/mol. The molecule has 7 nitrogen and oxygen atoms in total. The first-order valence-corrected chi connectivity index (χ1v) is 10.00. The zero-order chi connectivity index (χ0) is 20.6. The maximum absolute atomic E-state index is 14.1. The second-order valence-corrected chi connectivity index (χ2v) is 8.20. The van der Waals surface area contributed by atoms with Gasteiger partial charge in [-0.1, -0.05) is 29.8 Å². The fourth-order valence-electron chi connectivity index (χ4n) is 2.91. The fourth-order valence-corrected chi connectivity index (χ4v) is 3.77. The van der Waals surface area contributed by atoms with Crippen molar-refractivity contribution in [3.63, 3.8) is 0 Å². The third kappa shape index (κ3) is 4.06. The number of carbonyl (C=O) groups is 1. The van der Waals surface area contributed by atoms with Crippen molar-refractivity contribution >= 4 is 33.1 Å². The Morgan fingerprint density at radius 3 is 2.57 bits per heavy atom. The molecule has 3 N–H and O–H groups in total. The molecular weight excluding hydrogens is 411 g/mol. The van der Waals surface area contributed by atoms with Crippen LogP contribution in [0, 0.1) is 5.82 Å². The third-order valence-corrected chi connectivity index (χ3v) is 5.13. The first-order valence-electron chi connectivity index (χ1n) is 7.90. The summed E-state index contributed by atoms with van der Waals surface area (Å²) in [4.78, 5) is 23.9. The Balaban J connectivity index is 2.19. The van der Waals surface area contributed by atoms with Gasteiger partial charge in [-0.25, -0.2) is 22.7 Å². The van der Waals surface area contributed by atoms with Crippen LogP contribution in [0.3, 0.4) is 0 Å². The van der Waals surface area contributed by atoms with Gasteiger partial charge in [0.2, 0.25) is 10.0 Å². The number of rotatable bonds is 5. The molecule has 0 aliphatic heterocycles. The van der Waals surface area contributed by atoms with Crippen LogP contribution in [0.1, 0.15) is 27.0 Å². The van der Waals surface area contributed by atoms with Gasteiger partial charge in [0.05, 0.1) is 16.3 Å². The largest absolute Gasteiger partial charge is 0.477 e. The Morgan fingerprint density at radius 2 is 1.93 bits per heavy atom. The van der Waals surface area contributed by atoms with Crippen LogP contribution in [-0.4, -0.2) is 23.9 Å². The van der Waals surface area contributed by atoms with Crippen LogP contribution in [0.25, 0.3) is 5.52 Å². The molecule has 0 radical (unpaired) electrons. The molecule has 3 rings (SSSR count). The number of primary sulfonamides is 1. The summed E-state index contributed by atoms with van der Waals surface area (Å²) in [7, 11) is -3.97. The van der Waals surface area contributed by atoms with Gasteiger partial charge in [0, 0.05) is 12.6 Å². The molecule has 0 unspecified atom stereocenters. The third-order valence-electron chi connectivity index (χ3n) is 4.12. The van der Waals surface area contributed by atoms with Crippen molar-refractivity contribution in [3.05, 3.63) is 86.0 Å². The molecule has 28 heavy (non-hydrogen) atoms. The lowest BCUT2D eigenvalue weighted by molar-refractivity contribution is 0.0694. The average Bonchev–Trinajstić information content (AvgIpc) is 2.60. The van der Waals surface area contributed by atoms with Gasteiger partial charge in [0.25, 0.3) is 5.56 Å². The SMILES string of the molecule is NS(=O)(=O)Cc1cc(C(=O)O)c(=O)n2cc(Cc3cccc(Cl)c3F)ccc12. The van der Waals surface area contributed by atoms with Crippen LogP contribution >= 0.6 is 11.6 Å². The van der Waals surface area contributed by atoms with Crippen molar-refractivity contribution in [2.45, 2.75) is 12.2 Å². The summed E-state index contributed by atoms with van der Waals surface area (Å²) in [6, 6.07) is 8.58. The van der Waals surface area contributed by atoms with Crippen molar-refractivity contribution in [3.8, 4) is 0 Å². The summed E-state index contributed by atoms with van der Waals surface area (Å²) in [6.45, 7) is 0. The lowest BCUT2D eigenvalue weighted by Crippen LogP contribution is -2.25. The molecule has 0 amide bonds. The molecule has 3 aromatic rings. The van der Waals surface area contributed by atoms with Gasteiger partial charge in [-0.2, -0.15) is 0 Å². The van der Waals surface area contributed by atoms with Crippen LogP contribution in [-0.2, 0) is 22.2 Å². The van der Waals surface area contributed by atoms with Crippen molar-refractivity contribution in [1.29, 1.82) is 0 Å². The summed E-state index contributed by atoms with van der Waals surface area (Å²) in [6.07, 6.45) is 1.44. The molecular formula is C18H14ClFN2O5S. The highest BCUT2D eigenvalue weighted by Crippen LogP contribution is 2.21. The maximum Gasteiger partial charge on any atom is 0.341 e. The maximum atomic E-state index is 14.1. The predicted octanol–water partition coefficient (Wildman–Crippen LogP) is 2.17. The quantitative estimate of drug-likeness (QED) is 0.650. The van der Waals surface area contributed by atoms with E-state index in [1.165, 1.54) is 24.4 Å². The molecule has 1 aromatic carbocycles. The second kappa shape index (κ2) is 7.34. The van der Waals surface area contributed by atoms with E-state index in [0.717, 1.165) is 10.5 Å². The summed E-state index contributed by atoms with van der Waals surface area (Å²) in [5, 5.41) is 14.3. The minimum atomic E-state index is -3.97. The Hall–Kier alpha value is -2.75. The molecule has 0 atom stereocenters. The number of hydrogen-bond acceptors (Lipinski definition) is 4. The zero-order valence-corrected chi connectivity index (χ0v) is 15.8. The van der Waals surface area contributed by atoms with E-state index >= 15 is 0 Å². The number of benzene rings is 1. The fraction of sp³-hybridized carbons (Fsp3) is 0.111. The number of carboxylic acid groups (broad SMARTS) is 1. The van der Waals surface area contributed by atoms with Crippen LogP contribution < -0.4 is 10.7 Å². The highest BCUT2D eigenvalue weighted by Gasteiger charge is 2.18. The monoisotopic (exact) mass is 424 g/mol. The van der Waals surface area contributed by atoms with Crippen LogP contribution in [0.4, 0.5) is 4.39 Å². The van der Waals surface area contributed by atoms with Gasteiger partial charge in [-0.15, -0.1) is 0 Å². The zero-order valence-electron chi connectivity index (χ0n) is 14.2. The van der Waals surface area contributed by atoms with Gasteiger partial charge < -0.3 is 5.11 Å². The summed E-state index contributed by atoms with van der Waals surface area (Å²) in [5.74, 6) is -2.73. The van der Waals surface area contributed by atoms with E-state index in [0.29, 0.717) is 11.1 Å². The second-order valence-electron chi connectivity index (χ2n) is 6.18. The normalized spacial score (nSPS) is 11.7. The van der Waals surface area contributed by atoms with Gasteiger partial charge >= 0.3 is 5.97 Å². The molecule has 10 heteroatoms. The molecule has 0 saturated carbocycles. The van der Waals surface area contributed by atoms with Gasteiger partial charge in [-0.3, -0.25) is 9.20 Å². The number of sulfonamides is 1. The Morgan fingerprint density at radius 1 is 1.21 bits per heavy atom. The number of nitrogens with two attached hydrogens (primary N) is 1. The molecule has 0 fully saturated rings. The standard InChI is InChI=1S/C18H14ClFN2O5S/c19-14-3-1-2-11(16(14)20)6-10-4-5-15-12(9-28(21,26)27)7-13(18(24)25)17(23)22(15)8-10/h1-5,7-8H,6,9H2,(H,24,25)(H2,21,26,27). The molecule has 0 aliphatic carbocycles. The first kappa shape index (κ1) is 20.0. The molecule has 146 valence electrons. The number of halogens is 2. The van der Waals surface area contributed by atoms with E-state index in [2.05, 4.69) is 0 Å². The van der Waals surface area contributed by atoms with Crippen LogP contribution in [0.5, 0.6) is 0 Å². The van der Waals surface area contributed by atoms with Crippen LogP contribution in [0.2, 0.25) is 5.02 Å². The summed E-state index contributed by atoms with van der Waals surface area (Å²) < 4.78 is 38.1. The molecule has 0 aliphatic rings. The predicted molar refractivity (Wildman–Crippen MR) is 102 cm³/mol. The number of aromatic nitrogens is 1. The van der Waals surface area contributed by atoms with Crippen molar-refractivity contribution in [2.24, 2.45) is 5.14 Å². The highest BCUT2D eigenvalue weighted by molar-refractivity contribution is 7.88. The minimum absolute atomic E-state index is 0.0425. The number of nitrogens with zero attached hydrogens (tertiary/aromatic N) is 1. The number of aromatic carboxylic acids is 1. The molecule has 0 saturated heterocycles. The summed E-state index contributed by atoms with van der Waals surface area (Å²) >= 11 is 5.77. The highest BCUT2D eigenvalue weighted by atomic mass is 35.5. The van der Waals surface area contributed by atoms with E-state index in [-0.39, 0.29) is 22.5 Å². The smallest absolute Gasteiger partial charge is 0.341 e. The van der Waals surface area contributed by atoms with Crippen molar-refractivity contribution < 1.29 is 22.7 Å². The lowest BCUT2D eigenvalue weighted by Gasteiger charge is -2.11. The van der Waals surface area contributed by atoms with Gasteiger partial charge in [0.1, 0.15) is 11.4 Å². The van der Waals surface area contributed by atoms with E-state index in [1.54, 1.807) is 12.1 Å². The Kier molecular flexibility index (Phi) is 5.24. The van der Waals surface area contributed by atoms with Gasteiger partial charge in [-0.05, 0) is 34.9 Å². The molecule has 0 spiro atoms. The molecule has 0 bridgehead atoms. The Labute approximate surface area is 163 Å². The molecule has 2 heterocycles. The first-order chi connectivity index (χ1) is 13.1. The number of pyridine rings is 2. The summed E-state index contributed by atoms with van der Waals surface area (Å²) in [5.41, 5.74) is -0.380. The van der Waals surface area contributed by atoms with Crippen molar-refractivity contribution in [2.75, 3.05) is 0 Å². The van der Waals surface area contributed by atoms with Crippen LogP contribution in [0.15, 0.2) is 47.4 Å². The van der Waals surface area contributed by atoms with E-state index in [4.69, 9.17) is 16.7 Å². The lowest BCUT2D eigenvalue weighted by atomic mass is 10.0.